The van der Waals surface area contributed by atoms with E-state index in [2.05, 4.69) is 103 Å². The van der Waals surface area contributed by atoms with Gasteiger partial charge in [-0.15, -0.1) is 12.4 Å². The molecule has 0 aromatic heterocycles. The first kappa shape index (κ1) is 22.9. The van der Waals surface area contributed by atoms with Gasteiger partial charge in [-0.3, -0.25) is 0 Å². The minimum absolute atomic E-state index is 0. The molecule has 0 aliphatic carbocycles. The van der Waals surface area contributed by atoms with Gasteiger partial charge >= 0.3 is 0 Å². The lowest BCUT2D eigenvalue weighted by Crippen LogP contribution is -2.26. The summed E-state index contributed by atoms with van der Waals surface area (Å²) in [5, 5.41) is 6.22. The number of nitrogens with one attached hydrogen (secondary N) is 1. The maximum absolute atomic E-state index is 6.25. The summed E-state index contributed by atoms with van der Waals surface area (Å²) in [5.41, 5.74) is 3.81. The minimum Gasteiger partial charge on any atom is -0.489 e. The van der Waals surface area contributed by atoms with Crippen LogP contribution in [0.2, 0.25) is 0 Å². The average molecular weight is 432 g/mol. The molecule has 0 saturated carbocycles. The Labute approximate surface area is 191 Å². The van der Waals surface area contributed by atoms with E-state index in [1.807, 2.05) is 6.07 Å². The molecule has 1 unspecified atom stereocenters. The Kier molecular flexibility index (Phi) is 8.52. The topological polar surface area (TPSA) is 21.3 Å². The summed E-state index contributed by atoms with van der Waals surface area (Å²) >= 11 is 0. The van der Waals surface area contributed by atoms with Crippen LogP contribution in [0.4, 0.5) is 0 Å². The van der Waals surface area contributed by atoms with E-state index in [1.54, 1.807) is 0 Å². The summed E-state index contributed by atoms with van der Waals surface area (Å²) in [7, 11) is 0. The number of hydrogen-bond acceptors (Lipinski definition) is 2. The maximum Gasteiger partial charge on any atom is 0.124 e. The summed E-state index contributed by atoms with van der Waals surface area (Å²) in [6, 6.07) is 34.3. The summed E-state index contributed by atoms with van der Waals surface area (Å²) in [5.74, 6) is 0.959. The van der Waals surface area contributed by atoms with Crippen LogP contribution in [-0.4, -0.2) is 6.04 Å². The fourth-order valence-corrected chi connectivity index (χ4v) is 3.78. The second-order valence-corrected chi connectivity index (χ2v) is 7.84. The Bertz CT molecular complexity index is 1070. The van der Waals surface area contributed by atoms with Gasteiger partial charge in [0, 0.05) is 18.2 Å². The van der Waals surface area contributed by atoms with Gasteiger partial charge in [0.05, 0.1) is 0 Å². The van der Waals surface area contributed by atoms with Crippen molar-refractivity contribution in [3.63, 3.8) is 0 Å². The first-order chi connectivity index (χ1) is 14.8. The molecule has 160 valence electrons. The average Bonchev–Trinajstić information content (AvgIpc) is 2.81. The van der Waals surface area contributed by atoms with Crippen molar-refractivity contribution < 1.29 is 4.74 Å². The Balaban J connectivity index is 0.00000272. The Morgan fingerprint density at radius 3 is 2.13 bits per heavy atom. The van der Waals surface area contributed by atoms with Crippen molar-refractivity contribution in [1.82, 2.24) is 5.32 Å². The van der Waals surface area contributed by atoms with Gasteiger partial charge in [0.25, 0.3) is 0 Å². The number of benzene rings is 4. The zero-order chi connectivity index (χ0) is 20.6. The van der Waals surface area contributed by atoms with Gasteiger partial charge in [0.1, 0.15) is 12.4 Å². The van der Waals surface area contributed by atoms with Crippen LogP contribution in [0.15, 0.2) is 97.1 Å². The third-order valence-corrected chi connectivity index (χ3v) is 5.57. The van der Waals surface area contributed by atoms with Crippen LogP contribution in [0.1, 0.15) is 30.0 Å². The Morgan fingerprint density at radius 1 is 0.742 bits per heavy atom. The SMILES string of the molecule is CC(CCc1ccccc1)NCc1c(OCc2ccccc2)ccc2ccccc12.Cl. The first-order valence-electron chi connectivity index (χ1n) is 10.7. The van der Waals surface area contributed by atoms with Gasteiger partial charge in [0.15, 0.2) is 0 Å². The van der Waals surface area contributed by atoms with E-state index < -0.39 is 0 Å². The molecular formula is C28H30ClNO. The van der Waals surface area contributed by atoms with Gasteiger partial charge in [-0.2, -0.15) is 0 Å². The highest BCUT2D eigenvalue weighted by Crippen LogP contribution is 2.29. The molecule has 0 aliphatic rings. The zero-order valence-electron chi connectivity index (χ0n) is 18.0. The van der Waals surface area contributed by atoms with Crippen molar-refractivity contribution in [1.29, 1.82) is 0 Å². The molecule has 4 aromatic rings. The standard InChI is InChI=1S/C28H29NO.ClH/c1-22(16-17-23-10-4-2-5-11-23)29-20-27-26-15-9-8-14-25(26)18-19-28(27)30-21-24-12-6-3-7-13-24;/h2-15,18-19,22,29H,16-17,20-21H2,1H3;1H. The van der Waals surface area contributed by atoms with E-state index in [9.17, 15) is 0 Å². The highest BCUT2D eigenvalue weighted by Gasteiger charge is 2.11. The molecule has 0 heterocycles. The van der Waals surface area contributed by atoms with Gasteiger partial charge in [-0.1, -0.05) is 91.0 Å². The van der Waals surface area contributed by atoms with Gasteiger partial charge in [0.2, 0.25) is 0 Å². The fourth-order valence-electron chi connectivity index (χ4n) is 3.78. The molecule has 0 bridgehead atoms. The molecule has 31 heavy (non-hydrogen) atoms. The molecule has 3 heteroatoms. The molecule has 0 aliphatic heterocycles. The summed E-state index contributed by atoms with van der Waals surface area (Å²) < 4.78 is 6.25. The third-order valence-electron chi connectivity index (χ3n) is 5.57. The van der Waals surface area contributed by atoms with Crippen molar-refractivity contribution in [3.05, 3.63) is 114 Å². The number of hydrogen-bond donors (Lipinski definition) is 1. The second kappa shape index (κ2) is 11.5. The number of rotatable bonds is 9. The van der Waals surface area contributed by atoms with Crippen LogP contribution in [0.3, 0.4) is 0 Å². The quantitative estimate of drug-likeness (QED) is 0.309. The van der Waals surface area contributed by atoms with Crippen molar-refractivity contribution in [2.75, 3.05) is 0 Å². The van der Waals surface area contributed by atoms with E-state index in [0.29, 0.717) is 12.6 Å². The Morgan fingerprint density at radius 2 is 1.39 bits per heavy atom. The number of ether oxygens (including phenoxy) is 1. The van der Waals surface area contributed by atoms with Gasteiger partial charge < -0.3 is 10.1 Å². The molecule has 2 nitrogen and oxygen atoms in total. The summed E-state index contributed by atoms with van der Waals surface area (Å²) in [6.07, 6.45) is 2.19. The van der Waals surface area contributed by atoms with Gasteiger partial charge in [-0.05, 0) is 47.7 Å². The lowest BCUT2D eigenvalue weighted by molar-refractivity contribution is 0.302. The number of halogens is 1. The summed E-state index contributed by atoms with van der Waals surface area (Å²) in [6.45, 7) is 3.63. The third kappa shape index (κ3) is 6.33. The molecule has 4 rings (SSSR count). The lowest BCUT2D eigenvalue weighted by Gasteiger charge is -2.18. The van der Waals surface area contributed by atoms with E-state index in [-0.39, 0.29) is 12.4 Å². The Hall–Kier alpha value is -2.81. The molecule has 0 amide bonds. The maximum atomic E-state index is 6.25. The van der Waals surface area contributed by atoms with E-state index in [4.69, 9.17) is 4.74 Å². The molecule has 0 radical (unpaired) electrons. The molecule has 0 saturated heterocycles. The molecular weight excluding hydrogens is 402 g/mol. The molecule has 1 atom stereocenters. The van der Waals surface area contributed by atoms with Crippen molar-refractivity contribution in [2.45, 2.75) is 39.0 Å². The normalized spacial score (nSPS) is 11.6. The smallest absolute Gasteiger partial charge is 0.124 e. The highest BCUT2D eigenvalue weighted by atomic mass is 35.5. The van der Waals surface area contributed by atoms with Crippen LogP contribution in [0, 0.1) is 0 Å². The van der Waals surface area contributed by atoms with Gasteiger partial charge in [-0.25, -0.2) is 0 Å². The molecule has 0 fully saturated rings. The predicted octanol–water partition coefficient (Wildman–Crippen LogP) is 6.95. The van der Waals surface area contributed by atoms with E-state index in [0.717, 1.165) is 25.1 Å². The van der Waals surface area contributed by atoms with Crippen LogP contribution in [0.5, 0.6) is 5.75 Å². The van der Waals surface area contributed by atoms with Crippen LogP contribution >= 0.6 is 12.4 Å². The van der Waals surface area contributed by atoms with Crippen LogP contribution < -0.4 is 10.1 Å². The van der Waals surface area contributed by atoms with Crippen molar-refractivity contribution in [3.8, 4) is 5.75 Å². The predicted molar refractivity (Wildman–Crippen MR) is 133 cm³/mol. The molecule has 0 spiro atoms. The van der Waals surface area contributed by atoms with Crippen LogP contribution in [0.25, 0.3) is 10.8 Å². The van der Waals surface area contributed by atoms with E-state index in [1.165, 1.54) is 27.5 Å². The number of fused-ring (bicyclic) bond motifs is 1. The summed E-state index contributed by atoms with van der Waals surface area (Å²) in [4.78, 5) is 0. The lowest BCUT2D eigenvalue weighted by atomic mass is 10.0. The second-order valence-electron chi connectivity index (χ2n) is 7.84. The van der Waals surface area contributed by atoms with Crippen molar-refractivity contribution in [2.24, 2.45) is 0 Å². The monoisotopic (exact) mass is 431 g/mol. The van der Waals surface area contributed by atoms with Crippen molar-refractivity contribution >= 4 is 23.2 Å². The highest BCUT2D eigenvalue weighted by molar-refractivity contribution is 5.87. The molecule has 1 N–H and O–H groups in total. The number of aryl methyl sites for hydroxylation is 1. The zero-order valence-corrected chi connectivity index (χ0v) is 18.8. The first-order valence-corrected chi connectivity index (χ1v) is 10.7. The van der Waals surface area contributed by atoms with Crippen LogP contribution in [-0.2, 0) is 19.6 Å². The molecule has 4 aromatic carbocycles. The fraction of sp³-hybridized carbons (Fsp3) is 0.214. The van der Waals surface area contributed by atoms with E-state index >= 15 is 0 Å². The largest absolute Gasteiger partial charge is 0.489 e. The minimum atomic E-state index is 0.